The topological polar surface area (TPSA) is 53.5 Å². The molecule has 5 heteroatoms. The lowest BCUT2D eigenvalue weighted by molar-refractivity contribution is 0.241. The van der Waals surface area contributed by atoms with Crippen LogP contribution in [-0.4, -0.2) is 17.2 Å². The van der Waals surface area contributed by atoms with Gasteiger partial charge in [0.1, 0.15) is 4.62 Å². The van der Waals surface area contributed by atoms with Gasteiger partial charge in [-0.25, -0.2) is 10.2 Å². The summed E-state index contributed by atoms with van der Waals surface area (Å²) in [5.41, 5.74) is 2.22. The second kappa shape index (κ2) is 2.13. The zero-order valence-corrected chi connectivity index (χ0v) is 5.53. The van der Waals surface area contributed by atoms with Gasteiger partial charge in [-0.2, -0.15) is 5.10 Å². The number of hydrogen-bond donors (Lipinski definition) is 2. The highest BCUT2D eigenvalue weighted by Crippen LogP contribution is 1.89. The van der Waals surface area contributed by atoms with Gasteiger partial charge >= 0.3 is 6.03 Å². The highest BCUT2D eigenvalue weighted by atomic mass is 79.9. The summed E-state index contributed by atoms with van der Waals surface area (Å²) in [5.74, 6) is 0. The Morgan fingerprint density at radius 1 is 1.75 bits per heavy atom. The van der Waals surface area contributed by atoms with Crippen LogP contribution < -0.4 is 10.7 Å². The van der Waals surface area contributed by atoms with Crippen molar-refractivity contribution in [2.45, 2.75) is 0 Å². The van der Waals surface area contributed by atoms with E-state index in [1.165, 1.54) is 0 Å². The lowest BCUT2D eigenvalue weighted by Crippen LogP contribution is -2.40. The molecule has 8 heavy (non-hydrogen) atoms. The maximum atomic E-state index is 10.3. The van der Waals surface area contributed by atoms with Gasteiger partial charge in [0.2, 0.25) is 0 Å². The van der Waals surface area contributed by atoms with E-state index in [1.54, 1.807) is 0 Å². The Balaban J connectivity index is 2.55. The van der Waals surface area contributed by atoms with Crippen LogP contribution in [0.4, 0.5) is 4.79 Å². The third-order valence-corrected chi connectivity index (χ3v) is 1.13. The lowest BCUT2D eigenvalue weighted by Gasteiger charge is -2.07. The van der Waals surface area contributed by atoms with Crippen molar-refractivity contribution < 1.29 is 4.79 Å². The van der Waals surface area contributed by atoms with Crippen LogP contribution in [0.15, 0.2) is 5.10 Å². The smallest absolute Gasteiger partial charge is 0.330 e. The number of nitrogens with zero attached hydrogens (tertiary/aromatic N) is 1. The molecule has 44 valence electrons. The van der Waals surface area contributed by atoms with E-state index in [4.69, 9.17) is 0 Å². The molecule has 0 bridgehead atoms. The summed E-state index contributed by atoms with van der Waals surface area (Å²) in [5, 5.41) is 6.09. The first kappa shape index (κ1) is 5.55. The summed E-state index contributed by atoms with van der Waals surface area (Å²) < 4.78 is 0.706. The molecular formula is C3H4BrN3O. The first-order chi connectivity index (χ1) is 3.79. The van der Waals surface area contributed by atoms with Crippen molar-refractivity contribution >= 4 is 26.6 Å². The third kappa shape index (κ3) is 1.19. The van der Waals surface area contributed by atoms with E-state index >= 15 is 0 Å². The van der Waals surface area contributed by atoms with Crippen LogP contribution in [0.5, 0.6) is 0 Å². The Labute approximate surface area is 54.5 Å². The Kier molecular flexibility index (Phi) is 1.48. The molecule has 0 aliphatic carbocycles. The summed E-state index contributed by atoms with van der Waals surface area (Å²) >= 11 is 3.09. The summed E-state index contributed by atoms with van der Waals surface area (Å²) in [4.78, 5) is 10.3. The standard InChI is InChI=1S/C3H4BrN3O/c4-2-1-5-3(8)7-6-2/h1H2,(H2,5,7,8). The first-order valence-corrected chi connectivity index (χ1v) is 2.84. The summed E-state index contributed by atoms with van der Waals surface area (Å²) in [6.07, 6.45) is 0. The monoisotopic (exact) mass is 177 g/mol. The van der Waals surface area contributed by atoms with Gasteiger partial charge in [0, 0.05) is 0 Å². The Morgan fingerprint density at radius 2 is 2.50 bits per heavy atom. The summed E-state index contributed by atoms with van der Waals surface area (Å²) in [6, 6.07) is -0.256. The number of carbonyl (C=O) groups excluding carboxylic acids is 1. The molecule has 2 amide bonds. The number of carbonyl (C=O) groups is 1. The highest BCUT2D eigenvalue weighted by Gasteiger charge is 2.04. The minimum atomic E-state index is -0.256. The van der Waals surface area contributed by atoms with Gasteiger partial charge in [-0.15, -0.1) is 0 Å². The number of hydrazone groups is 1. The van der Waals surface area contributed by atoms with E-state index in [9.17, 15) is 4.79 Å². The minimum Gasteiger partial charge on any atom is -0.330 e. The molecule has 0 fully saturated rings. The molecule has 0 atom stereocenters. The zero-order chi connectivity index (χ0) is 5.98. The zero-order valence-electron chi connectivity index (χ0n) is 3.94. The molecule has 0 aromatic carbocycles. The van der Waals surface area contributed by atoms with Crippen molar-refractivity contribution in [3.8, 4) is 0 Å². The number of urea groups is 1. The quantitative estimate of drug-likeness (QED) is 0.539. The van der Waals surface area contributed by atoms with Crippen molar-refractivity contribution in [2.75, 3.05) is 6.54 Å². The fourth-order valence-corrected chi connectivity index (χ4v) is 0.573. The van der Waals surface area contributed by atoms with Crippen LogP contribution in [0.2, 0.25) is 0 Å². The second-order valence-corrected chi connectivity index (χ2v) is 2.20. The normalized spacial score (nSPS) is 18.6. The second-order valence-electron chi connectivity index (χ2n) is 1.28. The van der Waals surface area contributed by atoms with Crippen molar-refractivity contribution in [1.29, 1.82) is 0 Å². The molecule has 0 radical (unpaired) electrons. The van der Waals surface area contributed by atoms with E-state index < -0.39 is 0 Å². The first-order valence-electron chi connectivity index (χ1n) is 2.05. The van der Waals surface area contributed by atoms with Crippen LogP contribution in [-0.2, 0) is 0 Å². The van der Waals surface area contributed by atoms with Crippen LogP contribution in [0.1, 0.15) is 0 Å². The molecule has 2 N–H and O–H groups in total. The lowest BCUT2D eigenvalue weighted by atomic mass is 10.7. The van der Waals surface area contributed by atoms with Crippen molar-refractivity contribution in [1.82, 2.24) is 10.7 Å². The van der Waals surface area contributed by atoms with Crippen LogP contribution in [0, 0.1) is 0 Å². The average molecular weight is 178 g/mol. The maximum absolute atomic E-state index is 10.3. The summed E-state index contributed by atoms with van der Waals surface area (Å²) in [7, 11) is 0. The van der Waals surface area contributed by atoms with E-state index in [1.807, 2.05) is 0 Å². The SMILES string of the molecule is O=C1NCC(Br)=NN1. The van der Waals surface area contributed by atoms with Gasteiger partial charge in [-0.05, 0) is 15.9 Å². The van der Waals surface area contributed by atoms with Crippen LogP contribution >= 0.6 is 15.9 Å². The molecular weight excluding hydrogens is 174 g/mol. The molecule has 1 aliphatic rings. The number of amides is 2. The number of nitrogens with one attached hydrogen (secondary N) is 2. The third-order valence-electron chi connectivity index (χ3n) is 0.674. The van der Waals surface area contributed by atoms with Gasteiger partial charge in [-0.1, -0.05) is 0 Å². The minimum absolute atomic E-state index is 0.256. The molecule has 1 aliphatic heterocycles. The fourth-order valence-electron chi connectivity index (χ4n) is 0.344. The number of rotatable bonds is 0. The van der Waals surface area contributed by atoms with Crippen LogP contribution in [0.25, 0.3) is 0 Å². The van der Waals surface area contributed by atoms with Gasteiger partial charge in [0.25, 0.3) is 0 Å². The average Bonchev–Trinajstić information content (AvgIpc) is 1.77. The number of halogens is 1. The molecule has 1 rings (SSSR count). The Hall–Kier alpha value is -0.580. The van der Waals surface area contributed by atoms with E-state index in [-0.39, 0.29) is 6.03 Å². The van der Waals surface area contributed by atoms with Gasteiger partial charge in [-0.3, -0.25) is 0 Å². The molecule has 0 unspecified atom stereocenters. The van der Waals surface area contributed by atoms with E-state index in [0.29, 0.717) is 11.2 Å². The van der Waals surface area contributed by atoms with E-state index in [0.717, 1.165) is 0 Å². The molecule has 0 saturated carbocycles. The molecule has 0 aromatic heterocycles. The summed E-state index contributed by atoms with van der Waals surface area (Å²) in [6.45, 7) is 0.478. The number of hydrogen-bond acceptors (Lipinski definition) is 2. The van der Waals surface area contributed by atoms with Gasteiger partial charge in [0.05, 0.1) is 6.54 Å². The molecule has 1 heterocycles. The predicted octanol–water partition coefficient (Wildman–Crippen LogP) is 0.00760. The van der Waals surface area contributed by atoms with Crippen LogP contribution in [0.3, 0.4) is 0 Å². The van der Waals surface area contributed by atoms with Crippen molar-refractivity contribution in [3.63, 3.8) is 0 Å². The van der Waals surface area contributed by atoms with Crippen molar-refractivity contribution in [2.24, 2.45) is 5.10 Å². The molecule has 0 saturated heterocycles. The predicted molar refractivity (Wildman–Crippen MR) is 32.9 cm³/mol. The molecule has 4 nitrogen and oxygen atoms in total. The van der Waals surface area contributed by atoms with Crippen molar-refractivity contribution in [3.05, 3.63) is 0 Å². The Morgan fingerprint density at radius 3 is 2.88 bits per heavy atom. The highest BCUT2D eigenvalue weighted by molar-refractivity contribution is 9.18. The fraction of sp³-hybridized carbons (Fsp3) is 0.333. The molecule has 0 aromatic rings. The Bertz CT molecular complexity index is 143. The van der Waals surface area contributed by atoms with Gasteiger partial charge in [0.15, 0.2) is 0 Å². The largest absolute Gasteiger partial charge is 0.335 e. The maximum Gasteiger partial charge on any atom is 0.335 e. The van der Waals surface area contributed by atoms with E-state index in [2.05, 4.69) is 31.8 Å². The van der Waals surface area contributed by atoms with Gasteiger partial charge < -0.3 is 5.32 Å². The molecule has 0 spiro atoms.